The lowest BCUT2D eigenvalue weighted by Gasteiger charge is -2.05. The number of carbonyl (C=O) groups excluding carboxylic acids is 1. The summed E-state index contributed by atoms with van der Waals surface area (Å²) in [5, 5.41) is 13.9. The monoisotopic (exact) mass is 260 g/mol. The van der Waals surface area contributed by atoms with Crippen LogP contribution in [0.15, 0.2) is 47.1 Å². The summed E-state index contributed by atoms with van der Waals surface area (Å²) in [5.41, 5.74) is 1.02. The minimum atomic E-state index is -0.977. The van der Waals surface area contributed by atoms with Crippen LogP contribution >= 0.6 is 0 Å². The lowest BCUT2D eigenvalue weighted by atomic mass is 10.1. The molecule has 0 saturated heterocycles. The average molecular weight is 260 g/mol. The number of hydrogen-bond donors (Lipinski definition) is 3. The maximum absolute atomic E-state index is 11.5. The molecule has 0 aliphatic carbocycles. The molecule has 0 unspecified atom stereocenters. The quantitative estimate of drug-likeness (QED) is 0.786. The Labute approximate surface area is 109 Å². The number of nitrogens with one attached hydrogen (secondary N) is 2. The van der Waals surface area contributed by atoms with E-state index in [4.69, 9.17) is 9.52 Å². The Morgan fingerprint density at radius 3 is 2.47 bits per heavy atom. The first-order valence-electron chi connectivity index (χ1n) is 5.56. The zero-order valence-corrected chi connectivity index (χ0v) is 9.92. The van der Waals surface area contributed by atoms with Crippen LogP contribution in [0.3, 0.4) is 0 Å². The summed E-state index contributed by atoms with van der Waals surface area (Å²) < 4.78 is 4.96. The summed E-state index contributed by atoms with van der Waals surface area (Å²) >= 11 is 0. The maximum Gasteiger partial charge on any atom is 0.335 e. The smallest absolute Gasteiger partial charge is 0.335 e. The third kappa shape index (κ3) is 3.60. The predicted molar refractivity (Wildman–Crippen MR) is 68.0 cm³/mol. The minimum Gasteiger partial charge on any atom is -0.478 e. The van der Waals surface area contributed by atoms with Crippen molar-refractivity contribution in [3.05, 3.63) is 53.8 Å². The van der Waals surface area contributed by atoms with Crippen LogP contribution in [0.2, 0.25) is 0 Å². The molecule has 2 aromatic rings. The molecule has 6 heteroatoms. The van der Waals surface area contributed by atoms with Gasteiger partial charge in [0.15, 0.2) is 0 Å². The van der Waals surface area contributed by atoms with Crippen molar-refractivity contribution in [2.45, 2.75) is 6.54 Å². The molecule has 1 aromatic heterocycles. The molecule has 2 rings (SSSR count). The second-order valence-electron chi connectivity index (χ2n) is 3.79. The van der Waals surface area contributed by atoms with Gasteiger partial charge in [-0.25, -0.2) is 9.59 Å². The van der Waals surface area contributed by atoms with Gasteiger partial charge in [-0.2, -0.15) is 0 Å². The van der Waals surface area contributed by atoms with Gasteiger partial charge in [0.25, 0.3) is 0 Å². The van der Waals surface area contributed by atoms with Crippen molar-refractivity contribution in [3.63, 3.8) is 0 Å². The number of amides is 2. The minimum absolute atomic E-state index is 0.212. The van der Waals surface area contributed by atoms with Gasteiger partial charge in [0.1, 0.15) is 0 Å². The molecule has 98 valence electrons. The van der Waals surface area contributed by atoms with Crippen molar-refractivity contribution in [2.75, 3.05) is 5.32 Å². The second-order valence-corrected chi connectivity index (χ2v) is 3.79. The fourth-order valence-corrected chi connectivity index (χ4v) is 1.45. The van der Waals surface area contributed by atoms with E-state index < -0.39 is 12.0 Å². The molecule has 1 aromatic carbocycles. The lowest BCUT2D eigenvalue weighted by molar-refractivity contribution is 0.0697. The Morgan fingerprint density at radius 1 is 1.16 bits per heavy atom. The number of urea groups is 1. The highest BCUT2D eigenvalue weighted by atomic mass is 16.4. The zero-order valence-electron chi connectivity index (χ0n) is 9.92. The Hall–Kier alpha value is -2.76. The topological polar surface area (TPSA) is 91.6 Å². The number of carbonyl (C=O) groups is 2. The normalized spacial score (nSPS) is 9.89. The summed E-state index contributed by atoms with van der Waals surface area (Å²) in [6, 6.07) is 9.18. The van der Waals surface area contributed by atoms with Crippen molar-refractivity contribution < 1.29 is 19.1 Å². The Balaban J connectivity index is 1.84. The number of furan rings is 1. The largest absolute Gasteiger partial charge is 0.478 e. The molecule has 0 fully saturated rings. The van der Waals surface area contributed by atoms with Crippen molar-refractivity contribution >= 4 is 17.9 Å². The molecule has 0 saturated carbocycles. The van der Waals surface area contributed by atoms with Crippen molar-refractivity contribution in [2.24, 2.45) is 0 Å². The summed E-state index contributed by atoms with van der Waals surface area (Å²) in [5.74, 6) is -0.617. The molecular weight excluding hydrogens is 248 g/mol. The SMILES string of the molecule is O=C(NCc1ccc(C(=O)O)cc1)Nc1ccco1. The summed E-state index contributed by atoms with van der Waals surface area (Å²) in [7, 11) is 0. The van der Waals surface area contributed by atoms with Crippen molar-refractivity contribution in [1.29, 1.82) is 0 Å². The van der Waals surface area contributed by atoms with E-state index in [0.717, 1.165) is 5.56 Å². The Morgan fingerprint density at radius 2 is 1.89 bits per heavy atom. The van der Waals surface area contributed by atoms with Gasteiger partial charge in [-0.1, -0.05) is 12.1 Å². The van der Waals surface area contributed by atoms with Crippen LogP contribution in [-0.4, -0.2) is 17.1 Å². The molecule has 2 amide bonds. The predicted octanol–water partition coefficient (Wildman–Crippen LogP) is 2.30. The van der Waals surface area contributed by atoms with Gasteiger partial charge in [0.05, 0.1) is 11.8 Å². The summed E-state index contributed by atoms with van der Waals surface area (Å²) in [4.78, 5) is 22.1. The average Bonchev–Trinajstić information content (AvgIpc) is 2.89. The van der Waals surface area contributed by atoms with E-state index in [1.54, 1.807) is 24.3 Å². The van der Waals surface area contributed by atoms with E-state index in [1.165, 1.54) is 18.4 Å². The van der Waals surface area contributed by atoms with Crippen LogP contribution in [-0.2, 0) is 6.54 Å². The second kappa shape index (κ2) is 5.72. The van der Waals surface area contributed by atoms with Crippen LogP contribution in [0.25, 0.3) is 0 Å². The Kier molecular flexibility index (Phi) is 3.82. The van der Waals surface area contributed by atoms with Gasteiger partial charge in [-0.3, -0.25) is 5.32 Å². The van der Waals surface area contributed by atoms with Gasteiger partial charge in [-0.05, 0) is 23.8 Å². The van der Waals surface area contributed by atoms with E-state index in [1.807, 2.05) is 0 Å². The first kappa shape index (κ1) is 12.7. The van der Waals surface area contributed by atoms with Crippen LogP contribution in [0, 0.1) is 0 Å². The van der Waals surface area contributed by atoms with Gasteiger partial charge >= 0.3 is 12.0 Å². The maximum atomic E-state index is 11.5. The van der Waals surface area contributed by atoms with Crippen molar-refractivity contribution in [1.82, 2.24) is 5.32 Å². The molecule has 0 atom stereocenters. The van der Waals surface area contributed by atoms with E-state index >= 15 is 0 Å². The molecule has 0 spiro atoms. The number of carboxylic acids is 1. The molecule has 0 radical (unpaired) electrons. The third-order valence-electron chi connectivity index (χ3n) is 2.41. The van der Waals surface area contributed by atoms with E-state index in [9.17, 15) is 9.59 Å². The highest BCUT2D eigenvalue weighted by molar-refractivity contribution is 5.88. The molecule has 1 heterocycles. The lowest BCUT2D eigenvalue weighted by Crippen LogP contribution is -2.27. The third-order valence-corrected chi connectivity index (χ3v) is 2.41. The molecule has 0 aliphatic heterocycles. The van der Waals surface area contributed by atoms with Gasteiger partial charge in [0.2, 0.25) is 5.88 Å². The van der Waals surface area contributed by atoms with E-state index in [-0.39, 0.29) is 5.56 Å². The molecule has 6 nitrogen and oxygen atoms in total. The summed E-state index contributed by atoms with van der Waals surface area (Å²) in [6.07, 6.45) is 1.46. The Bertz CT molecular complexity index is 561. The number of carboxylic acid groups (broad SMARTS) is 1. The molecule has 0 aliphatic rings. The number of benzene rings is 1. The zero-order chi connectivity index (χ0) is 13.7. The highest BCUT2D eigenvalue weighted by Gasteiger charge is 2.04. The molecule has 0 bridgehead atoms. The van der Waals surface area contributed by atoms with E-state index in [0.29, 0.717) is 12.4 Å². The molecule has 3 N–H and O–H groups in total. The molecular formula is C13H12N2O4. The first-order valence-corrected chi connectivity index (χ1v) is 5.56. The van der Waals surface area contributed by atoms with Gasteiger partial charge in [-0.15, -0.1) is 0 Å². The van der Waals surface area contributed by atoms with Gasteiger partial charge in [0, 0.05) is 12.6 Å². The number of aromatic carboxylic acids is 1. The highest BCUT2D eigenvalue weighted by Crippen LogP contribution is 2.07. The van der Waals surface area contributed by atoms with Crippen LogP contribution in [0.5, 0.6) is 0 Å². The van der Waals surface area contributed by atoms with Gasteiger partial charge < -0.3 is 14.8 Å². The van der Waals surface area contributed by atoms with Crippen LogP contribution in [0.4, 0.5) is 10.7 Å². The molecule has 19 heavy (non-hydrogen) atoms. The number of hydrogen-bond acceptors (Lipinski definition) is 3. The standard InChI is InChI=1S/C13H12N2O4/c16-12(17)10-5-3-9(4-6-10)8-14-13(18)15-11-2-1-7-19-11/h1-7H,8H2,(H,16,17)(H2,14,15,18). The summed E-state index contributed by atoms with van der Waals surface area (Å²) in [6.45, 7) is 0.298. The van der Waals surface area contributed by atoms with Crippen LogP contribution < -0.4 is 10.6 Å². The fraction of sp³-hybridized carbons (Fsp3) is 0.0769. The van der Waals surface area contributed by atoms with Crippen LogP contribution in [0.1, 0.15) is 15.9 Å². The van der Waals surface area contributed by atoms with Crippen molar-refractivity contribution in [3.8, 4) is 0 Å². The number of rotatable bonds is 4. The van der Waals surface area contributed by atoms with E-state index in [2.05, 4.69) is 10.6 Å². The number of anilines is 1. The fourth-order valence-electron chi connectivity index (χ4n) is 1.45. The first-order chi connectivity index (χ1) is 9.15.